The zero-order valence-electron chi connectivity index (χ0n) is 15.6. The summed E-state index contributed by atoms with van der Waals surface area (Å²) < 4.78 is 27.6. The van der Waals surface area contributed by atoms with E-state index in [0.29, 0.717) is 18.5 Å². The molecule has 0 aliphatic carbocycles. The normalized spacial score (nSPS) is 24.3. The van der Waals surface area contributed by atoms with Crippen LogP contribution in [0.25, 0.3) is 0 Å². The van der Waals surface area contributed by atoms with Crippen molar-refractivity contribution < 1.29 is 18.0 Å². The summed E-state index contributed by atoms with van der Waals surface area (Å²) in [4.78, 5) is 24.3. The van der Waals surface area contributed by atoms with Crippen molar-refractivity contribution in [1.82, 2.24) is 14.9 Å². The molecule has 2 unspecified atom stereocenters. The molecule has 7 nitrogen and oxygen atoms in total. The maximum Gasteiger partial charge on any atom is 0.243 e. The van der Waals surface area contributed by atoms with Crippen LogP contribution in [0, 0.1) is 0 Å². The van der Waals surface area contributed by atoms with Crippen LogP contribution in [0.15, 0.2) is 29.2 Å². The fourth-order valence-corrected chi connectivity index (χ4v) is 5.38. The summed E-state index contributed by atoms with van der Waals surface area (Å²) in [5.41, 5.74) is 0.465. The highest BCUT2D eigenvalue weighted by atomic mass is 32.2. The summed E-state index contributed by atoms with van der Waals surface area (Å²) in [7, 11) is -3.79. The number of piperidine rings is 2. The second kappa shape index (κ2) is 8.50. The molecule has 1 aromatic carbocycles. The highest BCUT2D eigenvalue weighted by Gasteiger charge is 2.38. The molecule has 3 rings (SSSR count). The summed E-state index contributed by atoms with van der Waals surface area (Å²) >= 11 is 0. The first-order valence-electron chi connectivity index (χ1n) is 9.53. The van der Waals surface area contributed by atoms with Crippen molar-refractivity contribution in [3.8, 4) is 0 Å². The lowest BCUT2D eigenvalue weighted by Gasteiger charge is -2.35. The van der Waals surface area contributed by atoms with Gasteiger partial charge in [-0.25, -0.2) is 8.42 Å². The van der Waals surface area contributed by atoms with E-state index in [4.69, 9.17) is 0 Å². The van der Waals surface area contributed by atoms with Gasteiger partial charge in [0.15, 0.2) is 5.78 Å². The first-order chi connectivity index (χ1) is 12.9. The van der Waals surface area contributed by atoms with Crippen LogP contribution < -0.4 is 10.6 Å². The molecule has 0 spiro atoms. The molecule has 2 N–H and O–H groups in total. The number of carbonyl (C=O) groups is 2. The number of sulfonamides is 1. The average molecular weight is 394 g/mol. The van der Waals surface area contributed by atoms with E-state index in [-0.39, 0.29) is 22.6 Å². The minimum Gasteiger partial charge on any atom is -0.351 e. The second-order valence-corrected chi connectivity index (χ2v) is 9.15. The maximum absolute atomic E-state index is 13.1. The van der Waals surface area contributed by atoms with Gasteiger partial charge in [-0.05, 0) is 51.3 Å². The van der Waals surface area contributed by atoms with Crippen LogP contribution in [0.1, 0.15) is 49.4 Å². The zero-order chi connectivity index (χ0) is 19.4. The second-order valence-electron chi connectivity index (χ2n) is 7.26. The number of Topliss-reactive ketones (excluding diaryl/α,β-unsaturated/α-hetero) is 1. The van der Waals surface area contributed by atoms with E-state index < -0.39 is 16.1 Å². The Balaban J connectivity index is 1.78. The van der Waals surface area contributed by atoms with Crippen LogP contribution in [-0.4, -0.2) is 56.1 Å². The monoisotopic (exact) mass is 393 g/mol. The Morgan fingerprint density at radius 3 is 2.48 bits per heavy atom. The molecule has 2 saturated heterocycles. The highest BCUT2D eigenvalue weighted by Crippen LogP contribution is 2.26. The lowest BCUT2D eigenvalue weighted by Crippen LogP contribution is -2.55. The molecule has 148 valence electrons. The van der Waals surface area contributed by atoms with Gasteiger partial charge in [-0.15, -0.1) is 0 Å². The van der Waals surface area contributed by atoms with Crippen molar-refractivity contribution in [2.45, 2.75) is 56.0 Å². The number of rotatable bonds is 5. The molecular weight excluding hydrogens is 366 g/mol. The number of hydrogen-bond acceptors (Lipinski definition) is 5. The van der Waals surface area contributed by atoms with Gasteiger partial charge in [-0.2, -0.15) is 4.31 Å². The van der Waals surface area contributed by atoms with Crippen LogP contribution in [0.3, 0.4) is 0 Å². The number of nitrogens with one attached hydrogen (secondary N) is 2. The Morgan fingerprint density at radius 1 is 1.11 bits per heavy atom. The number of hydrogen-bond donors (Lipinski definition) is 2. The average Bonchev–Trinajstić information content (AvgIpc) is 2.69. The minimum atomic E-state index is -3.79. The smallest absolute Gasteiger partial charge is 0.243 e. The molecule has 1 amide bonds. The standard InChI is InChI=1S/C19H27N3O4S/c1-14(23)15-7-9-17(10-8-15)27(25,26)22-12-3-2-6-18(22)19(24)21-16-5-4-11-20-13-16/h7-10,16,18,20H,2-6,11-13H2,1H3,(H,21,24). The molecule has 1 aromatic rings. The Bertz CT molecular complexity index is 786. The SMILES string of the molecule is CC(=O)c1ccc(S(=O)(=O)N2CCCCC2C(=O)NC2CCCNC2)cc1. The van der Waals surface area contributed by atoms with Gasteiger partial charge in [0.05, 0.1) is 4.90 Å². The number of carbonyl (C=O) groups excluding carboxylic acids is 2. The number of benzene rings is 1. The minimum absolute atomic E-state index is 0.0487. The largest absolute Gasteiger partial charge is 0.351 e. The Morgan fingerprint density at radius 2 is 1.85 bits per heavy atom. The lowest BCUT2D eigenvalue weighted by atomic mass is 10.0. The molecule has 2 heterocycles. The Hall–Kier alpha value is -1.77. The lowest BCUT2D eigenvalue weighted by molar-refractivity contribution is -0.126. The van der Waals surface area contributed by atoms with Gasteiger partial charge in [0, 0.05) is 24.7 Å². The summed E-state index contributed by atoms with van der Waals surface area (Å²) in [6, 6.07) is 5.29. The molecular formula is C19H27N3O4S. The zero-order valence-corrected chi connectivity index (χ0v) is 16.4. The molecule has 0 saturated carbocycles. The van der Waals surface area contributed by atoms with Gasteiger partial charge < -0.3 is 10.6 Å². The van der Waals surface area contributed by atoms with Crippen molar-refractivity contribution in [1.29, 1.82) is 0 Å². The summed E-state index contributed by atoms with van der Waals surface area (Å²) in [5, 5.41) is 6.26. The van der Waals surface area contributed by atoms with E-state index in [1.807, 2.05) is 0 Å². The van der Waals surface area contributed by atoms with Gasteiger partial charge in [0.2, 0.25) is 15.9 Å². The number of amides is 1. The van der Waals surface area contributed by atoms with E-state index in [0.717, 1.165) is 38.8 Å². The highest BCUT2D eigenvalue weighted by molar-refractivity contribution is 7.89. The molecule has 0 radical (unpaired) electrons. The Kier molecular flexibility index (Phi) is 6.29. The van der Waals surface area contributed by atoms with E-state index in [9.17, 15) is 18.0 Å². The van der Waals surface area contributed by atoms with E-state index in [1.54, 1.807) is 0 Å². The van der Waals surface area contributed by atoms with Gasteiger partial charge in [0.25, 0.3) is 0 Å². The third-order valence-corrected chi connectivity index (χ3v) is 7.19. The van der Waals surface area contributed by atoms with Gasteiger partial charge in [-0.3, -0.25) is 9.59 Å². The third kappa shape index (κ3) is 4.56. The quantitative estimate of drug-likeness (QED) is 0.735. The van der Waals surface area contributed by atoms with Gasteiger partial charge >= 0.3 is 0 Å². The topological polar surface area (TPSA) is 95.6 Å². The first-order valence-corrected chi connectivity index (χ1v) is 11.0. The van der Waals surface area contributed by atoms with Crippen molar-refractivity contribution in [2.75, 3.05) is 19.6 Å². The summed E-state index contributed by atoms with van der Waals surface area (Å²) in [6.45, 7) is 3.44. The van der Waals surface area contributed by atoms with Crippen molar-refractivity contribution in [3.63, 3.8) is 0 Å². The van der Waals surface area contributed by atoms with Crippen molar-refractivity contribution in [2.24, 2.45) is 0 Å². The van der Waals surface area contributed by atoms with Crippen molar-refractivity contribution in [3.05, 3.63) is 29.8 Å². The number of ketones is 1. The maximum atomic E-state index is 13.1. The molecule has 8 heteroatoms. The van der Waals surface area contributed by atoms with Crippen LogP contribution in [0.5, 0.6) is 0 Å². The van der Waals surface area contributed by atoms with E-state index in [1.165, 1.54) is 35.5 Å². The molecule has 2 aliphatic rings. The van der Waals surface area contributed by atoms with Gasteiger partial charge in [0.1, 0.15) is 6.04 Å². The van der Waals surface area contributed by atoms with Crippen LogP contribution in [0.2, 0.25) is 0 Å². The van der Waals surface area contributed by atoms with E-state index in [2.05, 4.69) is 10.6 Å². The summed E-state index contributed by atoms with van der Waals surface area (Å²) in [6.07, 6.45) is 4.00. The predicted octanol–water partition coefficient (Wildman–Crippen LogP) is 1.30. The summed E-state index contributed by atoms with van der Waals surface area (Å²) in [5.74, 6) is -0.331. The fraction of sp³-hybridized carbons (Fsp3) is 0.579. The predicted molar refractivity (Wildman–Crippen MR) is 102 cm³/mol. The molecule has 2 atom stereocenters. The van der Waals surface area contributed by atoms with Crippen molar-refractivity contribution >= 4 is 21.7 Å². The van der Waals surface area contributed by atoms with E-state index >= 15 is 0 Å². The molecule has 0 bridgehead atoms. The molecule has 0 aromatic heterocycles. The fourth-order valence-electron chi connectivity index (χ4n) is 3.72. The van der Waals surface area contributed by atoms with Crippen LogP contribution in [0.4, 0.5) is 0 Å². The molecule has 2 fully saturated rings. The third-order valence-electron chi connectivity index (χ3n) is 5.27. The van der Waals surface area contributed by atoms with Gasteiger partial charge in [-0.1, -0.05) is 18.6 Å². The Labute approximate surface area is 160 Å². The molecule has 27 heavy (non-hydrogen) atoms. The van der Waals surface area contributed by atoms with Crippen LogP contribution >= 0.6 is 0 Å². The first kappa shape index (κ1) is 20.0. The molecule has 2 aliphatic heterocycles. The number of nitrogens with zero attached hydrogens (tertiary/aromatic N) is 1. The van der Waals surface area contributed by atoms with Crippen LogP contribution in [-0.2, 0) is 14.8 Å².